The van der Waals surface area contributed by atoms with Crippen LogP contribution in [0.2, 0.25) is 0 Å². The van der Waals surface area contributed by atoms with Crippen molar-refractivity contribution in [2.24, 2.45) is 0 Å². The van der Waals surface area contributed by atoms with Crippen LogP contribution in [-0.2, 0) is 16.0 Å². The second-order valence-corrected chi connectivity index (χ2v) is 5.97. The molecule has 4 heteroatoms. The lowest BCUT2D eigenvalue weighted by Gasteiger charge is -2.41. The van der Waals surface area contributed by atoms with Gasteiger partial charge in [-0.3, -0.25) is 9.59 Å². The van der Waals surface area contributed by atoms with E-state index in [0.717, 1.165) is 16.7 Å². The highest BCUT2D eigenvalue weighted by molar-refractivity contribution is 5.92. The molecule has 0 spiro atoms. The number of nitrogens with one attached hydrogen (secondary N) is 1. The van der Waals surface area contributed by atoms with Gasteiger partial charge in [-0.05, 0) is 38.8 Å². The predicted octanol–water partition coefficient (Wildman–Crippen LogP) is 1.58. The van der Waals surface area contributed by atoms with E-state index in [0.29, 0.717) is 19.5 Å². The Morgan fingerprint density at radius 3 is 2.75 bits per heavy atom. The molecule has 1 N–H and O–H groups in total. The number of hydrogen-bond donors (Lipinski definition) is 1. The summed E-state index contributed by atoms with van der Waals surface area (Å²) in [5.74, 6) is -0.0726. The first kappa shape index (κ1) is 14.6. The van der Waals surface area contributed by atoms with Gasteiger partial charge in [0.15, 0.2) is 0 Å². The molecule has 1 fully saturated rings. The van der Waals surface area contributed by atoms with Crippen molar-refractivity contribution in [2.45, 2.75) is 39.7 Å². The smallest absolute Gasteiger partial charge is 0.245 e. The van der Waals surface area contributed by atoms with E-state index in [1.165, 1.54) is 0 Å². The number of piperazine rings is 1. The van der Waals surface area contributed by atoms with Gasteiger partial charge >= 0.3 is 0 Å². The summed E-state index contributed by atoms with van der Waals surface area (Å²) in [7, 11) is 0. The molecule has 1 aliphatic rings. The number of hydrogen-bond acceptors (Lipinski definition) is 2. The van der Waals surface area contributed by atoms with Gasteiger partial charge in [-0.15, -0.1) is 0 Å². The third-order valence-corrected chi connectivity index (χ3v) is 4.00. The van der Waals surface area contributed by atoms with Crippen molar-refractivity contribution in [3.8, 4) is 0 Å². The first-order chi connectivity index (χ1) is 9.32. The van der Waals surface area contributed by atoms with E-state index in [2.05, 4.69) is 5.32 Å². The van der Waals surface area contributed by atoms with Crippen LogP contribution in [0.4, 0.5) is 0 Å². The Balaban J connectivity index is 2.19. The second kappa shape index (κ2) is 5.27. The third kappa shape index (κ3) is 2.69. The minimum absolute atomic E-state index is 0.0125. The van der Waals surface area contributed by atoms with Crippen LogP contribution in [0, 0.1) is 13.8 Å². The van der Waals surface area contributed by atoms with Gasteiger partial charge in [-0.25, -0.2) is 0 Å². The SMILES string of the molecule is Cc1ccc(C)c(CC(=O)N2CCNC(=O)C2(C)C)c1. The monoisotopic (exact) mass is 274 g/mol. The Hall–Kier alpha value is -1.84. The normalized spacial score (nSPS) is 17.8. The first-order valence-corrected chi connectivity index (χ1v) is 6.97. The maximum absolute atomic E-state index is 12.5. The lowest BCUT2D eigenvalue weighted by molar-refractivity contribution is -0.148. The summed E-state index contributed by atoms with van der Waals surface area (Å²) in [6, 6.07) is 6.12. The van der Waals surface area contributed by atoms with Gasteiger partial charge in [0.2, 0.25) is 11.8 Å². The quantitative estimate of drug-likeness (QED) is 0.890. The number of benzene rings is 1. The molecule has 0 aromatic heterocycles. The molecular formula is C16H22N2O2. The van der Waals surface area contributed by atoms with Crippen LogP contribution in [0.25, 0.3) is 0 Å². The molecule has 2 rings (SSSR count). The molecule has 108 valence electrons. The van der Waals surface area contributed by atoms with E-state index >= 15 is 0 Å². The molecule has 0 saturated carbocycles. The van der Waals surface area contributed by atoms with E-state index in [9.17, 15) is 9.59 Å². The highest BCUT2D eigenvalue weighted by Crippen LogP contribution is 2.20. The van der Waals surface area contributed by atoms with Crippen LogP contribution in [0.15, 0.2) is 18.2 Å². The van der Waals surface area contributed by atoms with Gasteiger partial charge in [-0.1, -0.05) is 23.8 Å². The van der Waals surface area contributed by atoms with Crippen LogP contribution < -0.4 is 5.32 Å². The van der Waals surface area contributed by atoms with Crippen molar-refractivity contribution in [3.05, 3.63) is 34.9 Å². The van der Waals surface area contributed by atoms with E-state index in [1.807, 2.05) is 32.0 Å². The highest BCUT2D eigenvalue weighted by Gasteiger charge is 2.40. The summed E-state index contributed by atoms with van der Waals surface area (Å²) in [6.07, 6.45) is 0.351. The number of aryl methyl sites for hydroxylation is 2. The molecule has 0 radical (unpaired) electrons. The molecule has 20 heavy (non-hydrogen) atoms. The predicted molar refractivity (Wildman–Crippen MR) is 78.4 cm³/mol. The number of nitrogens with zero attached hydrogens (tertiary/aromatic N) is 1. The van der Waals surface area contributed by atoms with Gasteiger partial charge in [0, 0.05) is 13.1 Å². The standard InChI is InChI=1S/C16H22N2O2/c1-11-5-6-12(2)13(9-11)10-14(19)18-8-7-17-15(20)16(18,3)4/h5-6,9H,7-8,10H2,1-4H3,(H,17,20). The van der Waals surface area contributed by atoms with Crippen LogP contribution in [-0.4, -0.2) is 35.3 Å². The highest BCUT2D eigenvalue weighted by atomic mass is 16.2. The number of amides is 2. The molecule has 0 bridgehead atoms. The molecule has 1 aliphatic heterocycles. The molecule has 1 aromatic rings. The van der Waals surface area contributed by atoms with Crippen molar-refractivity contribution in [1.82, 2.24) is 10.2 Å². The Bertz CT molecular complexity index is 549. The van der Waals surface area contributed by atoms with Crippen molar-refractivity contribution in [3.63, 3.8) is 0 Å². The fourth-order valence-electron chi connectivity index (χ4n) is 2.59. The van der Waals surface area contributed by atoms with E-state index in [4.69, 9.17) is 0 Å². The summed E-state index contributed by atoms with van der Waals surface area (Å²) >= 11 is 0. The zero-order chi connectivity index (χ0) is 14.9. The fraction of sp³-hybridized carbons (Fsp3) is 0.500. The van der Waals surface area contributed by atoms with Crippen molar-refractivity contribution < 1.29 is 9.59 Å². The lowest BCUT2D eigenvalue weighted by atomic mass is 9.96. The lowest BCUT2D eigenvalue weighted by Crippen LogP contribution is -2.63. The van der Waals surface area contributed by atoms with Crippen molar-refractivity contribution >= 4 is 11.8 Å². The molecular weight excluding hydrogens is 252 g/mol. The molecule has 2 amide bonds. The summed E-state index contributed by atoms with van der Waals surface area (Å²) in [5.41, 5.74) is 2.53. The fourth-order valence-corrected chi connectivity index (χ4v) is 2.59. The summed E-state index contributed by atoms with van der Waals surface area (Å²) in [5, 5.41) is 2.81. The average Bonchev–Trinajstić information content (AvgIpc) is 2.37. The van der Waals surface area contributed by atoms with Crippen molar-refractivity contribution in [2.75, 3.05) is 13.1 Å². The van der Waals surface area contributed by atoms with Crippen LogP contribution >= 0.6 is 0 Å². The Labute approximate surface area is 120 Å². The Morgan fingerprint density at radius 2 is 2.05 bits per heavy atom. The van der Waals surface area contributed by atoms with Gasteiger partial charge in [0.1, 0.15) is 5.54 Å². The number of carbonyl (C=O) groups excluding carboxylic acids is 2. The third-order valence-electron chi connectivity index (χ3n) is 4.00. The largest absolute Gasteiger partial charge is 0.352 e. The molecule has 0 aliphatic carbocycles. The zero-order valence-corrected chi connectivity index (χ0v) is 12.6. The first-order valence-electron chi connectivity index (χ1n) is 6.97. The van der Waals surface area contributed by atoms with Gasteiger partial charge < -0.3 is 10.2 Å². The summed E-state index contributed by atoms with van der Waals surface area (Å²) < 4.78 is 0. The molecule has 1 heterocycles. The second-order valence-electron chi connectivity index (χ2n) is 5.97. The molecule has 1 aromatic carbocycles. The number of rotatable bonds is 2. The van der Waals surface area contributed by atoms with Gasteiger partial charge in [0.05, 0.1) is 6.42 Å². The molecule has 4 nitrogen and oxygen atoms in total. The van der Waals surface area contributed by atoms with E-state index in [1.54, 1.807) is 18.7 Å². The molecule has 1 saturated heterocycles. The topological polar surface area (TPSA) is 49.4 Å². The summed E-state index contributed by atoms with van der Waals surface area (Å²) in [4.78, 5) is 26.1. The molecule has 0 unspecified atom stereocenters. The number of carbonyl (C=O) groups is 2. The average molecular weight is 274 g/mol. The van der Waals surface area contributed by atoms with Crippen LogP contribution in [0.5, 0.6) is 0 Å². The van der Waals surface area contributed by atoms with Crippen molar-refractivity contribution in [1.29, 1.82) is 0 Å². The molecule has 0 atom stereocenters. The van der Waals surface area contributed by atoms with Gasteiger partial charge in [-0.2, -0.15) is 0 Å². The minimum Gasteiger partial charge on any atom is -0.352 e. The van der Waals surface area contributed by atoms with E-state index in [-0.39, 0.29) is 11.8 Å². The van der Waals surface area contributed by atoms with Gasteiger partial charge in [0.25, 0.3) is 0 Å². The van der Waals surface area contributed by atoms with Crippen LogP contribution in [0.3, 0.4) is 0 Å². The summed E-state index contributed by atoms with van der Waals surface area (Å²) in [6.45, 7) is 8.72. The Kier molecular flexibility index (Phi) is 3.84. The maximum atomic E-state index is 12.5. The maximum Gasteiger partial charge on any atom is 0.245 e. The van der Waals surface area contributed by atoms with E-state index < -0.39 is 5.54 Å². The minimum atomic E-state index is -0.771. The zero-order valence-electron chi connectivity index (χ0n) is 12.6. The Morgan fingerprint density at radius 1 is 1.35 bits per heavy atom. The van der Waals surface area contributed by atoms with Crippen LogP contribution in [0.1, 0.15) is 30.5 Å².